The zero-order valence-electron chi connectivity index (χ0n) is 12.1. The summed E-state index contributed by atoms with van der Waals surface area (Å²) in [7, 11) is 0. The Morgan fingerprint density at radius 3 is 2.71 bits per heavy atom. The van der Waals surface area contributed by atoms with Gasteiger partial charge in [0.15, 0.2) is 0 Å². The fourth-order valence-electron chi connectivity index (χ4n) is 2.12. The molecule has 1 unspecified atom stereocenters. The van der Waals surface area contributed by atoms with E-state index >= 15 is 0 Å². The molecule has 1 aliphatic rings. The van der Waals surface area contributed by atoms with Gasteiger partial charge in [0.2, 0.25) is 5.88 Å². The molecular formula is C17H19FN2O. The van der Waals surface area contributed by atoms with Gasteiger partial charge in [0.1, 0.15) is 11.6 Å². The lowest BCUT2D eigenvalue weighted by Crippen LogP contribution is -2.09. The van der Waals surface area contributed by atoms with E-state index in [0.29, 0.717) is 11.8 Å². The second-order valence-electron chi connectivity index (χ2n) is 5.53. The fraction of sp³-hybridized carbons (Fsp3) is 0.353. The summed E-state index contributed by atoms with van der Waals surface area (Å²) in [6.45, 7) is 2.77. The van der Waals surface area contributed by atoms with Crippen molar-refractivity contribution in [2.75, 3.05) is 11.9 Å². The van der Waals surface area contributed by atoms with Crippen molar-refractivity contribution in [3.63, 3.8) is 0 Å². The van der Waals surface area contributed by atoms with Gasteiger partial charge in [-0.25, -0.2) is 4.39 Å². The lowest BCUT2D eigenvalue weighted by atomic mass is 10.1. The van der Waals surface area contributed by atoms with Crippen LogP contribution in [0, 0.1) is 11.7 Å². The Balaban J connectivity index is 1.62. The molecule has 3 nitrogen and oxygen atoms in total. The largest absolute Gasteiger partial charge is 0.477 e. The third-order valence-corrected chi connectivity index (χ3v) is 3.62. The number of rotatable bonds is 6. The Kier molecular flexibility index (Phi) is 4.04. The van der Waals surface area contributed by atoms with E-state index in [0.717, 1.165) is 18.0 Å². The van der Waals surface area contributed by atoms with Crippen LogP contribution in [-0.4, -0.2) is 11.6 Å². The second-order valence-corrected chi connectivity index (χ2v) is 5.53. The number of anilines is 1. The fourth-order valence-corrected chi connectivity index (χ4v) is 2.12. The third kappa shape index (κ3) is 3.94. The Bertz CT molecular complexity index is 596. The molecule has 0 saturated heterocycles. The summed E-state index contributed by atoms with van der Waals surface area (Å²) in [6.07, 6.45) is 2.53. The Hall–Kier alpha value is -2.10. The van der Waals surface area contributed by atoms with Gasteiger partial charge in [-0.1, -0.05) is 18.2 Å². The minimum absolute atomic E-state index is 0.0526. The van der Waals surface area contributed by atoms with E-state index in [2.05, 4.69) is 10.3 Å². The van der Waals surface area contributed by atoms with Crippen LogP contribution in [-0.2, 0) is 0 Å². The number of hydrogen-bond acceptors (Lipinski definition) is 3. The van der Waals surface area contributed by atoms with Gasteiger partial charge in [0, 0.05) is 12.1 Å². The number of benzene rings is 1. The lowest BCUT2D eigenvalue weighted by molar-refractivity contribution is 0.289. The van der Waals surface area contributed by atoms with Crippen LogP contribution in [0.4, 0.5) is 10.2 Å². The molecule has 1 atom stereocenters. The molecule has 3 rings (SSSR count). The molecule has 110 valence electrons. The maximum atomic E-state index is 12.9. The zero-order valence-corrected chi connectivity index (χ0v) is 12.1. The molecule has 0 radical (unpaired) electrons. The highest BCUT2D eigenvalue weighted by Crippen LogP contribution is 2.29. The number of hydrogen-bond donors (Lipinski definition) is 1. The lowest BCUT2D eigenvalue weighted by Gasteiger charge is -2.15. The van der Waals surface area contributed by atoms with Crippen LogP contribution in [0.1, 0.15) is 31.4 Å². The van der Waals surface area contributed by atoms with E-state index in [9.17, 15) is 4.39 Å². The van der Waals surface area contributed by atoms with E-state index in [1.54, 1.807) is 12.1 Å². The first-order valence-corrected chi connectivity index (χ1v) is 7.32. The number of aromatic nitrogens is 1. The molecule has 0 amide bonds. The molecular weight excluding hydrogens is 267 g/mol. The van der Waals surface area contributed by atoms with Crippen molar-refractivity contribution in [2.45, 2.75) is 25.8 Å². The number of ether oxygens (including phenoxy) is 1. The molecule has 1 aromatic carbocycles. The van der Waals surface area contributed by atoms with Gasteiger partial charge in [0.25, 0.3) is 0 Å². The van der Waals surface area contributed by atoms with E-state index in [1.807, 2.05) is 25.1 Å². The maximum Gasteiger partial charge on any atom is 0.215 e. The number of pyridine rings is 1. The molecule has 1 heterocycles. The van der Waals surface area contributed by atoms with Crippen molar-refractivity contribution < 1.29 is 9.13 Å². The van der Waals surface area contributed by atoms with Gasteiger partial charge in [-0.2, -0.15) is 4.98 Å². The smallest absolute Gasteiger partial charge is 0.215 e. The van der Waals surface area contributed by atoms with Crippen molar-refractivity contribution in [1.82, 2.24) is 4.98 Å². The quantitative estimate of drug-likeness (QED) is 0.865. The predicted molar refractivity (Wildman–Crippen MR) is 80.9 cm³/mol. The van der Waals surface area contributed by atoms with Crippen LogP contribution in [0.15, 0.2) is 42.5 Å². The van der Waals surface area contributed by atoms with Crippen LogP contribution < -0.4 is 10.1 Å². The van der Waals surface area contributed by atoms with Gasteiger partial charge < -0.3 is 10.1 Å². The molecule has 1 aliphatic carbocycles. The second kappa shape index (κ2) is 6.12. The highest BCUT2D eigenvalue weighted by molar-refractivity contribution is 5.40. The molecule has 0 spiro atoms. The summed E-state index contributed by atoms with van der Waals surface area (Å²) in [5, 5.41) is 3.31. The summed E-state index contributed by atoms with van der Waals surface area (Å²) in [4.78, 5) is 4.45. The van der Waals surface area contributed by atoms with Crippen molar-refractivity contribution in [3.8, 4) is 5.88 Å². The Morgan fingerprint density at radius 2 is 2.00 bits per heavy atom. The summed E-state index contributed by atoms with van der Waals surface area (Å²) in [6, 6.07) is 12.2. The highest BCUT2D eigenvalue weighted by Gasteiger charge is 2.22. The van der Waals surface area contributed by atoms with Crippen LogP contribution in [0.25, 0.3) is 0 Å². The molecule has 0 bridgehead atoms. The monoisotopic (exact) mass is 286 g/mol. The van der Waals surface area contributed by atoms with Gasteiger partial charge in [0.05, 0.1) is 6.61 Å². The van der Waals surface area contributed by atoms with Crippen molar-refractivity contribution in [2.24, 2.45) is 5.92 Å². The first-order valence-electron chi connectivity index (χ1n) is 7.32. The molecule has 1 aromatic heterocycles. The summed E-state index contributed by atoms with van der Waals surface area (Å²) in [5.41, 5.74) is 1.02. The molecule has 4 heteroatoms. The molecule has 2 aromatic rings. The van der Waals surface area contributed by atoms with Crippen LogP contribution >= 0.6 is 0 Å². The summed E-state index contributed by atoms with van der Waals surface area (Å²) in [5.74, 6) is 1.90. The zero-order chi connectivity index (χ0) is 14.7. The first kappa shape index (κ1) is 13.9. The normalized spacial score (nSPS) is 15.5. The van der Waals surface area contributed by atoms with E-state index in [-0.39, 0.29) is 11.9 Å². The first-order chi connectivity index (χ1) is 10.2. The summed E-state index contributed by atoms with van der Waals surface area (Å²) >= 11 is 0. The third-order valence-electron chi connectivity index (χ3n) is 3.62. The number of nitrogens with one attached hydrogen (secondary N) is 1. The van der Waals surface area contributed by atoms with Gasteiger partial charge in [-0.3, -0.25) is 0 Å². The minimum Gasteiger partial charge on any atom is -0.477 e. The van der Waals surface area contributed by atoms with Crippen molar-refractivity contribution in [3.05, 3.63) is 53.8 Å². The number of halogens is 1. The average Bonchev–Trinajstić information content (AvgIpc) is 3.30. The van der Waals surface area contributed by atoms with Crippen molar-refractivity contribution in [1.29, 1.82) is 0 Å². The average molecular weight is 286 g/mol. The standard InChI is InChI=1S/C17H19FN2O/c1-12(14-7-9-15(18)10-8-14)19-16-3-2-4-17(20-16)21-11-13-5-6-13/h2-4,7-10,12-13H,5-6,11H2,1H3,(H,19,20). The SMILES string of the molecule is CC(Nc1cccc(OCC2CC2)n1)c1ccc(F)cc1. The van der Waals surface area contributed by atoms with E-state index in [4.69, 9.17) is 4.74 Å². The molecule has 1 fully saturated rings. The number of nitrogens with zero attached hydrogens (tertiary/aromatic N) is 1. The van der Waals surface area contributed by atoms with Gasteiger partial charge >= 0.3 is 0 Å². The predicted octanol–water partition coefficient (Wildman–Crippen LogP) is 4.18. The van der Waals surface area contributed by atoms with Crippen molar-refractivity contribution >= 4 is 5.82 Å². The molecule has 21 heavy (non-hydrogen) atoms. The van der Waals surface area contributed by atoms with E-state index < -0.39 is 0 Å². The van der Waals surface area contributed by atoms with Crippen LogP contribution in [0.2, 0.25) is 0 Å². The van der Waals surface area contributed by atoms with E-state index in [1.165, 1.54) is 25.0 Å². The maximum absolute atomic E-state index is 12.9. The molecule has 1 N–H and O–H groups in total. The highest BCUT2D eigenvalue weighted by atomic mass is 19.1. The Labute approximate surface area is 124 Å². The van der Waals surface area contributed by atoms with Crippen LogP contribution in [0.3, 0.4) is 0 Å². The Morgan fingerprint density at radius 1 is 1.24 bits per heavy atom. The minimum atomic E-state index is -0.223. The van der Waals surface area contributed by atoms with Gasteiger partial charge in [-0.05, 0) is 49.4 Å². The van der Waals surface area contributed by atoms with Gasteiger partial charge in [-0.15, -0.1) is 0 Å². The molecule has 0 aliphatic heterocycles. The summed E-state index contributed by atoms with van der Waals surface area (Å²) < 4.78 is 18.6. The molecule has 1 saturated carbocycles. The van der Waals surface area contributed by atoms with Crippen LogP contribution in [0.5, 0.6) is 5.88 Å². The topological polar surface area (TPSA) is 34.1 Å².